The van der Waals surface area contributed by atoms with Crippen molar-refractivity contribution in [3.63, 3.8) is 0 Å². The van der Waals surface area contributed by atoms with Crippen LogP contribution in [0.25, 0.3) is 0 Å². The van der Waals surface area contributed by atoms with E-state index in [-0.39, 0.29) is 11.2 Å². The van der Waals surface area contributed by atoms with E-state index < -0.39 is 6.61 Å². The van der Waals surface area contributed by atoms with E-state index in [0.29, 0.717) is 0 Å². The van der Waals surface area contributed by atoms with Gasteiger partial charge in [0.25, 0.3) is 0 Å². The molecular weight excluding hydrogens is 186 g/mol. The predicted molar refractivity (Wildman–Crippen MR) is 50.6 cm³/mol. The molecule has 1 aromatic rings. The maximum atomic E-state index is 11.9. The predicted octanol–water partition coefficient (Wildman–Crippen LogP) is 3.39. The molecule has 3 heteroatoms. The molecule has 0 unspecified atom stereocenters. The summed E-state index contributed by atoms with van der Waals surface area (Å²) in [4.78, 5) is 0. The molecule has 1 radical (unpaired) electrons. The smallest absolute Gasteiger partial charge is 0.387 e. The normalized spacial score (nSPS) is 11.9. The van der Waals surface area contributed by atoms with Crippen LogP contribution < -0.4 is 4.74 Å². The number of benzene rings is 1. The summed E-state index contributed by atoms with van der Waals surface area (Å²) in [6.45, 7) is 3.23. The van der Waals surface area contributed by atoms with Crippen LogP contribution in [0.1, 0.15) is 26.3 Å². The molecule has 1 nitrogen and oxygen atoms in total. The second-order valence-electron chi connectivity index (χ2n) is 4.09. The molecule has 14 heavy (non-hydrogen) atoms. The molecule has 0 aliphatic rings. The van der Waals surface area contributed by atoms with E-state index in [1.54, 1.807) is 12.1 Å². The fourth-order valence-electron chi connectivity index (χ4n) is 1.05. The zero-order chi connectivity index (χ0) is 10.8. The third kappa shape index (κ3) is 2.98. The van der Waals surface area contributed by atoms with Crippen LogP contribution in [0.5, 0.6) is 5.75 Å². The second kappa shape index (κ2) is 3.95. The van der Waals surface area contributed by atoms with Gasteiger partial charge < -0.3 is 4.74 Å². The van der Waals surface area contributed by atoms with Gasteiger partial charge in [0.2, 0.25) is 0 Å². The summed E-state index contributed by atoms with van der Waals surface area (Å²) >= 11 is 0. The van der Waals surface area contributed by atoms with Crippen LogP contribution in [0.3, 0.4) is 0 Å². The van der Waals surface area contributed by atoms with Crippen molar-refractivity contribution in [2.24, 2.45) is 0 Å². The third-order valence-corrected chi connectivity index (χ3v) is 1.85. The van der Waals surface area contributed by atoms with E-state index in [0.717, 1.165) is 5.56 Å². The molecule has 0 spiro atoms. The molecule has 0 aliphatic carbocycles. The highest BCUT2D eigenvalue weighted by atomic mass is 19.3. The topological polar surface area (TPSA) is 9.23 Å². The average molecular weight is 199 g/mol. The van der Waals surface area contributed by atoms with Gasteiger partial charge >= 0.3 is 6.61 Å². The SMILES string of the molecule is CC(C)(C)c1c[c]cc(OC(F)F)c1. The summed E-state index contributed by atoms with van der Waals surface area (Å²) in [5, 5.41) is 0. The Labute approximate surface area is 82.7 Å². The molecule has 1 aromatic carbocycles. The van der Waals surface area contributed by atoms with Crippen molar-refractivity contribution < 1.29 is 13.5 Å². The van der Waals surface area contributed by atoms with E-state index in [4.69, 9.17) is 0 Å². The Balaban J connectivity index is 2.90. The minimum atomic E-state index is -2.78. The quantitative estimate of drug-likeness (QED) is 0.709. The molecule has 0 saturated heterocycles. The van der Waals surface area contributed by atoms with Gasteiger partial charge in [-0.1, -0.05) is 26.8 Å². The molecule has 0 bridgehead atoms. The first-order valence-corrected chi connectivity index (χ1v) is 4.36. The van der Waals surface area contributed by atoms with E-state index in [9.17, 15) is 8.78 Å². The van der Waals surface area contributed by atoms with E-state index in [2.05, 4.69) is 10.8 Å². The van der Waals surface area contributed by atoms with E-state index >= 15 is 0 Å². The fourth-order valence-corrected chi connectivity index (χ4v) is 1.05. The van der Waals surface area contributed by atoms with Crippen molar-refractivity contribution in [2.75, 3.05) is 0 Å². The van der Waals surface area contributed by atoms with Crippen molar-refractivity contribution in [1.82, 2.24) is 0 Å². The molecule has 0 aromatic heterocycles. The van der Waals surface area contributed by atoms with Crippen molar-refractivity contribution in [2.45, 2.75) is 32.8 Å². The first-order chi connectivity index (χ1) is 6.39. The van der Waals surface area contributed by atoms with E-state index in [1.807, 2.05) is 20.8 Å². The highest BCUT2D eigenvalue weighted by molar-refractivity contribution is 5.31. The lowest BCUT2D eigenvalue weighted by molar-refractivity contribution is -0.0499. The monoisotopic (exact) mass is 199 g/mol. The second-order valence-corrected chi connectivity index (χ2v) is 4.09. The largest absolute Gasteiger partial charge is 0.435 e. The number of alkyl halides is 2. The van der Waals surface area contributed by atoms with Crippen LogP contribution in [0.15, 0.2) is 18.2 Å². The average Bonchev–Trinajstić information content (AvgIpc) is 2.01. The summed E-state index contributed by atoms with van der Waals surface area (Å²) in [6, 6.07) is 7.58. The van der Waals surface area contributed by atoms with Gasteiger partial charge in [-0.25, -0.2) is 0 Å². The molecule has 77 valence electrons. The number of ether oxygens (including phenoxy) is 1. The molecule has 0 N–H and O–H groups in total. The van der Waals surface area contributed by atoms with Gasteiger partial charge in [0.1, 0.15) is 5.75 Å². The van der Waals surface area contributed by atoms with Crippen molar-refractivity contribution in [3.05, 3.63) is 29.8 Å². The Hall–Kier alpha value is -1.12. The Kier molecular flexibility index (Phi) is 3.09. The van der Waals surface area contributed by atoms with Crippen molar-refractivity contribution in [3.8, 4) is 5.75 Å². The van der Waals surface area contributed by atoms with Gasteiger partial charge in [-0.3, -0.25) is 0 Å². The molecule has 0 amide bonds. The summed E-state index contributed by atoms with van der Waals surface area (Å²) in [5.41, 5.74) is 0.841. The maximum Gasteiger partial charge on any atom is 0.387 e. The van der Waals surface area contributed by atoms with Gasteiger partial charge in [-0.15, -0.1) is 0 Å². The van der Waals surface area contributed by atoms with Gasteiger partial charge in [0.05, 0.1) is 0 Å². The Bertz CT molecular complexity index is 302. The lowest BCUT2D eigenvalue weighted by Gasteiger charge is -2.19. The Morgan fingerprint density at radius 2 is 1.93 bits per heavy atom. The Morgan fingerprint density at radius 1 is 1.29 bits per heavy atom. The van der Waals surface area contributed by atoms with Gasteiger partial charge in [0, 0.05) is 0 Å². The lowest BCUT2D eigenvalue weighted by atomic mass is 9.87. The number of rotatable bonds is 2. The first-order valence-electron chi connectivity index (χ1n) is 4.36. The number of hydrogen-bond acceptors (Lipinski definition) is 1. The van der Waals surface area contributed by atoms with Crippen LogP contribution in [-0.4, -0.2) is 6.61 Å². The summed E-state index contributed by atoms with van der Waals surface area (Å²) in [6.07, 6.45) is 0. The number of hydrogen-bond donors (Lipinski definition) is 0. The molecule has 1 rings (SSSR count). The summed E-state index contributed by atoms with van der Waals surface area (Å²) < 4.78 is 28.1. The zero-order valence-corrected chi connectivity index (χ0v) is 8.47. The standard InChI is InChI=1S/C11H13F2O/c1-11(2,3)8-5-4-6-9(7-8)14-10(12)13/h5-7,10H,1-3H3. The minimum absolute atomic E-state index is 0.0853. The summed E-state index contributed by atoms with van der Waals surface area (Å²) in [5.74, 6) is 0.160. The Morgan fingerprint density at radius 3 is 2.43 bits per heavy atom. The molecule has 0 fully saturated rings. The number of halogens is 2. The van der Waals surface area contributed by atoms with Gasteiger partial charge in [-0.05, 0) is 29.2 Å². The molecule has 0 aliphatic heterocycles. The molecule has 0 saturated carbocycles. The molecule has 0 heterocycles. The van der Waals surface area contributed by atoms with Gasteiger partial charge in [0.15, 0.2) is 0 Å². The highest BCUT2D eigenvalue weighted by Crippen LogP contribution is 2.25. The van der Waals surface area contributed by atoms with Gasteiger partial charge in [-0.2, -0.15) is 8.78 Å². The van der Waals surface area contributed by atoms with Crippen LogP contribution in [0, 0.1) is 6.07 Å². The van der Waals surface area contributed by atoms with Crippen molar-refractivity contribution >= 4 is 0 Å². The maximum absolute atomic E-state index is 11.9. The van der Waals surface area contributed by atoms with E-state index in [1.165, 1.54) is 6.07 Å². The van der Waals surface area contributed by atoms with Crippen LogP contribution in [-0.2, 0) is 5.41 Å². The van der Waals surface area contributed by atoms with Crippen LogP contribution >= 0.6 is 0 Å². The molecule has 0 atom stereocenters. The molecular formula is C11H13F2O. The highest BCUT2D eigenvalue weighted by Gasteiger charge is 2.14. The summed E-state index contributed by atoms with van der Waals surface area (Å²) in [7, 11) is 0. The van der Waals surface area contributed by atoms with Crippen LogP contribution in [0.4, 0.5) is 8.78 Å². The zero-order valence-electron chi connectivity index (χ0n) is 8.47. The van der Waals surface area contributed by atoms with Crippen molar-refractivity contribution in [1.29, 1.82) is 0 Å². The lowest BCUT2D eigenvalue weighted by Crippen LogP contribution is -2.11. The third-order valence-electron chi connectivity index (χ3n) is 1.85. The first kappa shape index (κ1) is 11.0. The fraction of sp³-hybridized carbons (Fsp3) is 0.455. The minimum Gasteiger partial charge on any atom is -0.435 e. The van der Waals surface area contributed by atoms with Crippen LogP contribution in [0.2, 0.25) is 0 Å².